The summed E-state index contributed by atoms with van der Waals surface area (Å²) in [5, 5.41) is 8.86. The normalized spacial score (nSPS) is 17.6. The highest BCUT2D eigenvalue weighted by atomic mass is 16.5. The summed E-state index contributed by atoms with van der Waals surface area (Å²) in [5.74, 6) is 0.851. The third-order valence-electron chi connectivity index (χ3n) is 3.79. The van der Waals surface area contributed by atoms with Crippen molar-refractivity contribution in [3.8, 4) is 11.8 Å². The van der Waals surface area contributed by atoms with Crippen LogP contribution in [0.15, 0.2) is 24.3 Å². The van der Waals surface area contributed by atoms with Crippen molar-refractivity contribution in [3.05, 3.63) is 29.8 Å². The molecule has 1 aromatic carbocycles. The molecule has 0 spiro atoms. The van der Waals surface area contributed by atoms with Gasteiger partial charge in [-0.25, -0.2) is 0 Å². The molecular formula is C16H23N3O. The Bertz CT molecular complexity index is 477. The van der Waals surface area contributed by atoms with E-state index in [-0.39, 0.29) is 12.1 Å². The SMILES string of the molecule is COc1cccc(C(C(C)N)N(CCC#N)C2CC2)c1. The number of ether oxygens (including phenoxy) is 1. The molecule has 0 amide bonds. The maximum atomic E-state index is 8.86. The largest absolute Gasteiger partial charge is 0.497 e. The van der Waals surface area contributed by atoms with Crippen LogP contribution < -0.4 is 10.5 Å². The van der Waals surface area contributed by atoms with Crippen molar-refractivity contribution >= 4 is 0 Å². The molecule has 1 aromatic rings. The van der Waals surface area contributed by atoms with Gasteiger partial charge in [-0.15, -0.1) is 0 Å². The van der Waals surface area contributed by atoms with Crippen LogP contribution in [0.4, 0.5) is 0 Å². The Balaban J connectivity index is 2.25. The first-order valence-electron chi connectivity index (χ1n) is 7.19. The Morgan fingerprint density at radius 1 is 1.50 bits per heavy atom. The number of nitrogens with zero attached hydrogens (tertiary/aromatic N) is 2. The number of rotatable bonds is 7. The lowest BCUT2D eigenvalue weighted by molar-refractivity contribution is 0.170. The Morgan fingerprint density at radius 3 is 2.80 bits per heavy atom. The molecule has 0 aliphatic heterocycles. The van der Waals surface area contributed by atoms with Crippen LogP contribution in [0.5, 0.6) is 5.75 Å². The first-order chi connectivity index (χ1) is 9.67. The van der Waals surface area contributed by atoms with E-state index in [0.29, 0.717) is 12.5 Å². The van der Waals surface area contributed by atoms with E-state index < -0.39 is 0 Å². The maximum Gasteiger partial charge on any atom is 0.119 e. The quantitative estimate of drug-likeness (QED) is 0.829. The van der Waals surface area contributed by atoms with E-state index in [2.05, 4.69) is 23.1 Å². The fourth-order valence-electron chi connectivity index (χ4n) is 2.76. The van der Waals surface area contributed by atoms with Crippen LogP contribution >= 0.6 is 0 Å². The molecule has 1 aliphatic rings. The minimum Gasteiger partial charge on any atom is -0.497 e. The Morgan fingerprint density at radius 2 is 2.25 bits per heavy atom. The van der Waals surface area contributed by atoms with Crippen molar-refractivity contribution in [1.82, 2.24) is 4.90 Å². The van der Waals surface area contributed by atoms with Gasteiger partial charge in [0.1, 0.15) is 5.75 Å². The van der Waals surface area contributed by atoms with Crippen LogP contribution in [-0.4, -0.2) is 30.6 Å². The monoisotopic (exact) mass is 273 g/mol. The molecule has 2 N–H and O–H groups in total. The number of nitrogens with two attached hydrogens (primary N) is 1. The first kappa shape index (κ1) is 14.8. The second-order valence-electron chi connectivity index (χ2n) is 5.46. The molecule has 108 valence electrons. The second-order valence-corrected chi connectivity index (χ2v) is 5.46. The minimum absolute atomic E-state index is 0.0152. The standard InChI is InChI=1S/C16H23N3O/c1-12(18)16(13-5-3-6-15(11-13)20-2)19(10-4-9-17)14-7-8-14/h3,5-6,11-12,14,16H,4,7-8,10,18H2,1-2H3. The van der Waals surface area contributed by atoms with Crippen molar-refractivity contribution in [2.45, 2.75) is 44.3 Å². The van der Waals surface area contributed by atoms with Crippen molar-refractivity contribution in [3.63, 3.8) is 0 Å². The molecule has 0 radical (unpaired) electrons. The van der Waals surface area contributed by atoms with Crippen molar-refractivity contribution in [2.24, 2.45) is 5.73 Å². The average Bonchev–Trinajstić information content (AvgIpc) is 3.27. The zero-order valence-electron chi connectivity index (χ0n) is 12.2. The van der Waals surface area contributed by atoms with E-state index >= 15 is 0 Å². The molecule has 4 nitrogen and oxygen atoms in total. The van der Waals surface area contributed by atoms with Crippen molar-refractivity contribution < 1.29 is 4.74 Å². The van der Waals surface area contributed by atoms with E-state index in [0.717, 1.165) is 12.3 Å². The molecule has 0 bridgehead atoms. The van der Waals surface area contributed by atoms with E-state index in [1.807, 2.05) is 19.1 Å². The van der Waals surface area contributed by atoms with Gasteiger partial charge < -0.3 is 10.5 Å². The van der Waals surface area contributed by atoms with Crippen LogP contribution in [0.1, 0.15) is 37.8 Å². The lowest BCUT2D eigenvalue weighted by Gasteiger charge is -2.34. The Kier molecular flexibility index (Phi) is 4.99. The van der Waals surface area contributed by atoms with Gasteiger partial charge in [-0.05, 0) is 37.5 Å². The highest BCUT2D eigenvalue weighted by Gasteiger charge is 2.35. The molecule has 0 heterocycles. The summed E-state index contributed by atoms with van der Waals surface area (Å²) in [5.41, 5.74) is 7.40. The van der Waals surface area contributed by atoms with Gasteiger partial charge in [0, 0.05) is 25.0 Å². The molecule has 1 fully saturated rings. The van der Waals surface area contributed by atoms with Gasteiger partial charge in [-0.2, -0.15) is 5.26 Å². The molecule has 0 aromatic heterocycles. The fourth-order valence-corrected chi connectivity index (χ4v) is 2.76. The molecule has 20 heavy (non-hydrogen) atoms. The van der Waals surface area contributed by atoms with E-state index in [1.54, 1.807) is 7.11 Å². The Hall–Kier alpha value is -1.57. The predicted octanol–water partition coefficient (Wildman–Crippen LogP) is 2.46. The second kappa shape index (κ2) is 6.74. The minimum atomic E-state index is 0.0152. The molecule has 0 saturated heterocycles. The molecule has 4 heteroatoms. The highest BCUT2D eigenvalue weighted by Crippen LogP contribution is 2.36. The molecular weight excluding hydrogens is 250 g/mol. The van der Waals surface area contributed by atoms with Gasteiger partial charge >= 0.3 is 0 Å². The zero-order valence-corrected chi connectivity index (χ0v) is 12.2. The molecule has 1 aliphatic carbocycles. The van der Waals surface area contributed by atoms with Crippen LogP contribution in [0, 0.1) is 11.3 Å². The maximum absolute atomic E-state index is 8.86. The number of hydrogen-bond donors (Lipinski definition) is 1. The molecule has 2 unspecified atom stereocenters. The summed E-state index contributed by atoms with van der Waals surface area (Å²) in [6.45, 7) is 2.82. The molecule has 2 atom stereocenters. The van der Waals surface area contributed by atoms with Crippen LogP contribution in [0.3, 0.4) is 0 Å². The third-order valence-corrected chi connectivity index (χ3v) is 3.79. The first-order valence-corrected chi connectivity index (χ1v) is 7.19. The predicted molar refractivity (Wildman–Crippen MR) is 79.3 cm³/mol. The summed E-state index contributed by atoms with van der Waals surface area (Å²) >= 11 is 0. The zero-order chi connectivity index (χ0) is 14.5. The Labute approximate surface area is 121 Å². The number of methoxy groups -OCH3 is 1. The highest BCUT2D eigenvalue weighted by molar-refractivity contribution is 5.31. The van der Waals surface area contributed by atoms with Gasteiger partial charge in [0.05, 0.1) is 19.2 Å². The number of benzene rings is 1. The lowest BCUT2D eigenvalue weighted by atomic mass is 9.98. The van der Waals surface area contributed by atoms with Gasteiger partial charge in [-0.1, -0.05) is 12.1 Å². The smallest absolute Gasteiger partial charge is 0.119 e. The fraction of sp³-hybridized carbons (Fsp3) is 0.562. The van der Waals surface area contributed by atoms with E-state index in [4.69, 9.17) is 15.7 Å². The summed E-state index contributed by atoms with van der Waals surface area (Å²) < 4.78 is 5.31. The lowest BCUT2D eigenvalue weighted by Crippen LogP contribution is -2.41. The summed E-state index contributed by atoms with van der Waals surface area (Å²) in [4.78, 5) is 2.39. The van der Waals surface area contributed by atoms with Crippen molar-refractivity contribution in [1.29, 1.82) is 5.26 Å². The van der Waals surface area contributed by atoms with Crippen LogP contribution in [0.2, 0.25) is 0 Å². The average molecular weight is 273 g/mol. The third kappa shape index (κ3) is 3.50. The summed E-state index contributed by atoms with van der Waals surface area (Å²) in [6.07, 6.45) is 2.96. The van der Waals surface area contributed by atoms with Gasteiger partial charge in [0.2, 0.25) is 0 Å². The van der Waals surface area contributed by atoms with Crippen LogP contribution in [0.25, 0.3) is 0 Å². The topological polar surface area (TPSA) is 62.3 Å². The van der Waals surface area contributed by atoms with Gasteiger partial charge in [-0.3, -0.25) is 4.90 Å². The van der Waals surface area contributed by atoms with Crippen molar-refractivity contribution in [2.75, 3.05) is 13.7 Å². The molecule has 2 rings (SSSR count). The number of hydrogen-bond acceptors (Lipinski definition) is 4. The van der Waals surface area contributed by atoms with Gasteiger partial charge in [0.15, 0.2) is 0 Å². The number of nitriles is 1. The summed E-state index contributed by atoms with van der Waals surface area (Å²) in [7, 11) is 1.67. The van der Waals surface area contributed by atoms with E-state index in [1.165, 1.54) is 18.4 Å². The summed E-state index contributed by atoms with van der Waals surface area (Å²) in [6, 6.07) is 11.1. The van der Waals surface area contributed by atoms with Gasteiger partial charge in [0.25, 0.3) is 0 Å². The molecule has 1 saturated carbocycles. The van der Waals surface area contributed by atoms with Crippen LogP contribution in [-0.2, 0) is 0 Å². The van der Waals surface area contributed by atoms with E-state index in [9.17, 15) is 0 Å².